The Hall–Kier alpha value is -0.160. The summed E-state index contributed by atoms with van der Waals surface area (Å²) in [5.41, 5.74) is 0. The zero-order chi connectivity index (χ0) is 15.5. The van der Waals surface area contributed by atoms with E-state index in [1.807, 2.05) is 0 Å². The normalized spacial score (nSPS) is 39.4. The molecule has 0 aromatic rings. The highest BCUT2D eigenvalue weighted by Gasteiger charge is 2.31. The summed E-state index contributed by atoms with van der Waals surface area (Å²) in [5, 5.41) is 10.2. The first-order valence-electron chi connectivity index (χ1n) is 9.55. The van der Waals surface area contributed by atoms with Crippen LogP contribution in [-0.2, 0) is 0 Å². The molecule has 2 saturated heterocycles. The average molecular weight is 309 g/mol. The van der Waals surface area contributed by atoms with E-state index in [1.165, 1.54) is 58.3 Å². The lowest BCUT2D eigenvalue weighted by Gasteiger charge is -2.43. The Balaban J connectivity index is 1.40. The van der Waals surface area contributed by atoms with E-state index in [4.69, 9.17) is 0 Å². The van der Waals surface area contributed by atoms with Crippen molar-refractivity contribution in [1.82, 2.24) is 14.7 Å². The van der Waals surface area contributed by atoms with Crippen molar-refractivity contribution < 1.29 is 5.11 Å². The first-order valence-corrected chi connectivity index (χ1v) is 9.55. The van der Waals surface area contributed by atoms with Gasteiger partial charge in [0.1, 0.15) is 0 Å². The standard InChI is InChI=1S/C18H35N3O/c1-15-7-8-16(2)21(15)14-11-19-9-12-20(13-10-19)17-5-3-4-6-18(17)22/h15-18,22H,3-14H2,1-2H3. The van der Waals surface area contributed by atoms with Crippen LogP contribution in [0.4, 0.5) is 0 Å². The second kappa shape index (κ2) is 7.61. The van der Waals surface area contributed by atoms with Gasteiger partial charge in [-0.05, 0) is 39.5 Å². The van der Waals surface area contributed by atoms with Crippen molar-refractivity contribution in [3.8, 4) is 0 Å². The SMILES string of the molecule is CC1CCC(C)N1CCN1CCN(C2CCCCC2O)CC1. The summed E-state index contributed by atoms with van der Waals surface area (Å²) in [6.45, 7) is 11.9. The fourth-order valence-corrected chi connectivity index (χ4v) is 4.78. The third kappa shape index (κ3) is 3.84. The predicted octanol–water partition coefficient (Wildman–Crippen LogP) is 1.78. The van der Waals surface area contributed by atoms with Gasteiger partial charge < -0.3 is 5.11 Å². The van der Waals surface area contributed by atoms with E-state index < -0.39 is 0 Å². The van der Waals surface area contributed by atoms with Crippen LogP contribution in [-0.4, -0.2) is 83.3 Å². The quantitative estimate of drug-likeness (QED) is 0.857. The summed E-state index contributed by atoms with van der Waals surface area (Å²) in [5.74, 6) is 0. The summed E-state index contributed by atoms with van der Waals surface area (Å²) in [6.07, 6.45) is 7.38. The molecule has 2 heterocycles. The summed E-state index contributed by atoms with van der Waals surface area (Å²) >= 11 is 0. The molecular formula is C18H35N3O. The zero-order valence-electron chi connectivity index (χ0n) is 14.6. The number of aliphatic hydroxyl groups excluding tert-OH is 1. The van der Waals surface area contributed by atoms with Crippen molar-refractivity contribution in [2.45, 2.75) is 76.6 Å². The van der Waals surface area contributed by atoms with Crippen molar-refractivity contribution in [2.24, 2.45) is 0 Å². The van der Waals surface area contributed by atoms with Crippen LogP contribution in [0, 0.1) is 0 Å². The molecule has 3 rings (SSSR count). The summed E-state index contributed by atoms with van der Waals surface area (Å²) in [7, 11) is 0. The minimum Gasteiger partial charge on any atom is -0.391 e. The van der Waals surface area contributed by atoms with E-state index in [0.29, 0.717) is 6.04 Å². The van der Waals surface area contributed by atoms with Gasteiger partial charge >= 0.3 is 0 Å². The van der Waals surface area contributed by atoms with E-state index in [2.05, 4.69) is 28.5 Å². The van der Waals surface area contributed by atoms with E-state index >= 15 is 0 Å². The average Bonchev–Trinajstić information content (AvgIpc) is 2.85. The van der Waals surface area contributed by atoms with Crippen molar-refractivity contribution in [3.63, 3.8) is 0 Å². The van der Waals surface area contributed by atoms with Gasteiger partial charge in [-0.15, -0.1) is 0 Å². The second-order valence-corrected chi connectivity index (χ2v) is 7.81. The molecule has 1 aliphatic carbocycles. The summed E-state index contributed by atoms with van der Waals surface area (Å²) < 4.78 is 0. The first kappa shape index (κ1) is 16.7. The second-order valence-electron chi connectivity index (χ2n) is 7.81. The molecule has 2 aliphatic heterocycles. The molecule has 1 N–H and O–H groups in total. The fourth-order valence-electron chi connectivity index (χ4n) is 4.78. The maximum Gasteiger partial charge on any atom is 0.0695 e. The number of hydrogen-bond donors (Lipinski definition) is 1. The van der Waals surface area contributed by atoms with Gasteiger partial charge in [-0.2, -0.15) is 0 Å². The lowest BCUT2D eigenvalue weighted by Crippen LogP contribution is -2.55. The van der Waals surface area contributed by atoms with Gasteiger partial charge in [-0.1, -0.05) is 12.8 Å². The van der Waals surface area contributed by atoms with Gasteiger partial charge in [0.2, 0.25) is 0 Å². The van der Waals surface area contributed by atoms with Crippen LogP contribution in [0.15, 0.2) is 0 Å². The molecule has 4 unspecified atom stereocenters. The number of hydrogen-bond acceptors (Lipinski definition) is 4. The minimum absolute atomic E-state index is 0.0772. The molecule has 0 bridgehead atoms. The third-order valence-corrected chi connectivity index (χ3v) is 6.38. The monoisotopic (exact) mass is 309 g/mol. The Morgan fingerprint density at radius 3 is 2.09 bits per heavy atom. The molecule has 3 aliphatic rings. The molecule has 1 saturated carbocycles. The molecule has 3 fully saturated rings. The lowest BCUT2D eigenvalue weighted by atomic mass is 9.91. The Bertz CT molecular complexity index is 333. The van der Waals surface area contributed by atoms with Gasteiger partial charge in [0.05, 0.1) is 6.10 Å². The number of nitrogens with zero attached hydrogens (tertiary/aromatic N) is 3. The van der Waals surface area contributed by atoms with E-state index in [-0.39, 0.29) is 6.10 Å². The molecule has 4 atom stereocenters. The first-order chi connectivity index (χ1) is 10.6. The van der Waals surface area contributed by atoms with Crippen molar-refractivity contribution in [2.75, 3.05) is 39.3 Å². The summed E-state index contributed by atoms with van der Waals surface area (Å²) in [4.78, 5) is 7.88. The Morgan fingerprint density at radius 1 is 0.818 bits per heavy atom. The molecular weight excluding hydrogens is 274 g/mol. The van der Waals surface area contributed by atoms with Crippen molar-refractivity contribution >= 4 is 0 Å². The topological polar surface area (TPSA) is 30.0 Å². The fraction of sp³-hybridized carbons (Fsp3) is 1.00. The molecule has 128 valence electrons. The van der Waals surface area contributed by atoms with Gasteiger partial charge in [-0.3, -0.25) is 14.7 Å². The Labute approximate surface area is 136 Å². The zero-order valence-corrected chi connectivity index (χ0v) is 14.6. The number of likely N-dealkylation sites (tertiary alicyclic amines) is 1. The van der Waals surface area contributed by atoms with Crippen LogP contribution in [0.25, 0.3) is 0 Å². The molecule has 0 aromatic heterocycles. The molecule has 4 nitrogen and oxygen atoms in total. The molecule has 0 spiro atoms. The minimum atomic E-state index is -0.0772. The molecule has 0 radical (unpaired) electrons. The summed E-state index contributed by atoms with van der Waals surface area (Å²) in [6, 6.07) is 1.98. The van der Waals surface area contributed by atoms with E-state index in [0.717, 1.165) is 31.6 Å². The van der Waals surface area contributed by atoms with Crippen LogP contribution in [0.3, 0.4) is 0 Å². The van der Waals surface area contributed by atoms with Crippen LogP contribution >= 0.6 is 0 Å². The maximum atomic E-state index is 10.2. The van der Waals surface area contributed by atoms with Crippen molar-refractivity contribution in [3.05, 3.63) is 0 Å². The highest BCUT2D eigenvalue weighted by molar-refractivity contribution is 4.87. The van der Waals surface area contributed by atoms with E-state index in [9.17, 15) is 5.11 Å². The number of aliphatic hydroxyl groups is 1. The largest absolute Gasteiger partial charge is 0.391 e. The third-order valence-electron chi connectivity index (χ3n) is 6.38. The Morgan fingerprint density at radius 2 is 1.45 bits per heavy atom. The lowest BCUT2D eigenvalue weighted by molar-refractivity contribution is -0.00512. The maximum absolute atomic E-state index is 10.2. The molecule has 0 aromatic carbocycles. The van der Waals surface area contributed by atoms with Crippen molar-refractivity contribution in [1.29, 1.82) is 0 Å². The molecule has 0 amide bonds. The smallest absolute Gasteiger partial charge is 0.0695 e. The van der Waals surface area contributed by atoms with Crippen LogP contribution < -0.4 is 0 Å². The van der Waals surface area contributed by atoms with Crippen LogP contribution in [0.2, 0.25) is 0 Å². The van der Waals surface area contributed by atoms with Gasteiger partial charge in [0, 0.05) is 57.4 Å². The van der Waals surface area contributed by atoms with Crippen LogP contribution in [0.1, 0.15) is 52.4 Å². The highest BCUT2D eigenvalue weighted by Crippen LogP contribution is 2.25. The van der Waals surface area contributed by atoms with Gasteiger partial charge in [0.25, 0.3) is 0 Å². The predicted molar refractivity (Wildman–Crippen MR) is 91.1 cm³/mol. The Kier molecular flexibility index (Phi) is 5.77. The van der Waals surface area contributed by atoms with E-state index in [1.54, 1.807) is 0 Å². The highest BCUT2D eigenvalue weighted by atomic mass is 16.3. The van der Waals surface area contributed by atoms with Gasteiger partial charge in [0.15, 0.2) is 0 Å². The number of rotatable bonds is 4. The number of piperazine rings is 1. The molecule has 4 heteroatoms. The van der Waals surface area contributed by atoms with Crippen LogP contribution in [0.5, 0.6) is 0 Å². The van der Waals surface area contributed by atoms with Gasteiger partial charge in [-0.25, -0.2) is 0 Å². The molecule has 22 heavy (non-hydrogen) atoms.